The predicted molar refractivity (Wildman–Crippen MR) is 83.6 cm³/mol. The Balaban J connectivity index is 1.93. The fraction of sp³-hybridized carbons (Fsp3) is 0.500. The van der Waals surface area contributed by atoms with E-state index >= 15 is 0 Å². The van der Waals surface area contributed by atoms with Crippen molar-refractivity contribution in [3.05, 3.63) is 29.8 Å². The first-order valence-electron chi connectivity index (χ1n) is 7.45. The maximum Gasteiger partial charge on any atom is 0.238 e. The van der Waals surface area contributed by atoms with E-state index in [-0.39, 0.29) is 11.7 Å². The Morgan fingerprint density at radius 1 is 1.38 bits per heavy atom. The Kier molecular flexibility index (Phi) is 5.47. The number of carbonyl (C=O) groups excluding carboxylic acids is 2. The number of ketones is 1. The molecule has 1 heterocycles. The van der Waals surface area contributed by atoms with Crippen molar-refractivity contribution in [2.45, 2.75) is 26.3 Å². The van der Waals surface area contributed by atoms with Crippen LogP contribution in [0.3, 0.4) is 0 Å². The first-order chi connectivity index (χ1) is 10.1. The monoisotopic (exact) mass is 289 g/mol. The molecule has 114 valence electrons. The lowest BCUT2D eigenvalue weighted by Gasteiger charge is -2.37. The van der Waals surface area contributed by atoms with Gasteiger partial charge in [-0.1, -0.05) is 19.1 Å². The van der Waals surface area contributed by atoms with Gasteiger partial charge in [-0.3, -0.25) is 14.5 Å². The molecule has 1 aliphatic rings. The summed E-state index contributed by atoms with van der Waals surface area (Å²) in [6.07, 6.45) is 1.03. The highest BCUT2D eigenvalue weighted by atomic mass is 16.2. The number of rotatable bonds is 7. The molecule has 0 unspecified atom stereocenters. The minimum Gasteiger partial charge on any atom is -0.325 e. The average molecular weight is 289 g/mol. The van der Waals surface area contributed by atoms with Crippen molar-refractivity contribution < 1.29 is 9.59 Å². The Labute approximate surface area is 125 Å². The number of hydrogen-bond acceptors (Lipinski definition) is 4. The summed E-state index contributed by atoms with van der Waals surface area (Å²) >= 11 is 0. The summed E-state index contributed by atoms with van der Waals surface area (Å²) in [5.41, 5.74) is 1.29. The van der Waals surface area contributed by atoms with Crippen molar-refractivity contribution >= 4 is 17.4 Å². The number of benzene rings is 1. The van der Waals surface area contributed by atoms with Crippen LogP contribution in [0.5, 0.6) is 0 Å². The first-order valence-corrected chi connectivity index (χ1v) is 7.45. The molecule has 1 amide bonds. The summed E-state index contributed by atoms with van der Waals surface area (Å²) in [5, 5.41) is 6.11. The molecule has 0 bridgehead atoms. The largest absolute Gasteiger partial charge is 0.325 e. The molecule has 0 spiro atoms. The Bertz CT molecular complexity index is 512. The van der Waals surface area contributed by atoms with E-state index in [1.807, 2.05) is 0 Å². The highest BCUT2D eigenvalue weighted by Gasteiger charge is 2.25. The molecule has 0 saturated carbocycles. The molecule has 0 radical (unpaired) electrons. The van der Waals surface area contributed by atoms with Gasteiger partial charge in [0.25, 0.3) is 0 Å². The van der Waals surface area contributed by atoms with E-state index in [4.69, 9.17) is 0 Å². The quantitative estimate of drug-likeness (QED) is 0.747. The summed E-state index contributed by atoms with van der Waals surface area (Å²) in [6.45, 7) is 6.86. The number of amides is 1. The number of nitrogens with zero attached hydrogens (tertiary/aromatic N) is 1. The number of anilines is 1. The third kappa shape index (κ3) is 4.37. The summed E-state index contributed by atoms with van der Waals surface area (Å²) in [4.78, 5) is 25.7. The minimum atomic E-state index is -0.0314. The van der Waals surface area contributed by atoms with E-state index in [0.29, 0.717) is 23.8 Å². The van der Waals surface area contributed by atoms with E-state index in [1.165, 1.54) is 6.92 Å². The lowest BCUT2D eigenvalue weighted by Crippen LogP contribution is -2.58. The summed E-state index contributed by atoms with van der Waals surface area (Å²) in [7, 11) is 0. The van der Waals surface area contributed by atoms with Gasteiger partial charge in [-0.05, 0) is 32.0 Å². The lowest BCUT2D eigenvalue weighted by molar-refractivity contribution is -0.118. The molecular formula is C16H23N3O2. The van der Waals surface area contributed by atoms with Crippen LogP contribution in [0.2, 0.25) is 0 Å². The SMILES string of the molecule is CCCN(CC(=O)Nc1cccc(C(C)=O)c1)C1CNC1. The van der Waals surface area contributed by atoms with Crippen LogP contribution in [0.25, 0.3) is 0 Å². The smallest absolute Gasteiger partial charge is 0.238 e. The molecule has 1 aliphatic heterocycles. The maximum atomic E-state index is 12.2. The molecule has 5 heteroatoms. The summed E-state index contributed by atoms with van der Waals surface area (Å²) in [5.74, 6) is -0.0321. The van der Waals surface area contributed by atoms with Crippen LogP contribution >= 0.6 is 0 Å². The van der Waals surface area contributed by atoms with Gasteiger partial charge in [0.1, 0.15) is 0 Å². The van der Waals surface area contributed by atoms with Crippen LogP contribution in [-0.4, -0.2) is 48.8 Å². The van der Waals surface area contributed by atoms with E-state index < -0.39 is 0 Å². The third-order valence-corrected chi connectivity index (χ3v) is 3.69. The molecule has 1 saturated heterocycles. The second-order valence-corrected chi connectivity index (χ2v) is 5.47. The fourth-order valence-electron chi connectivity index (χ4n) is 2.41. The molecule has 21 heavy (non-hydrogen) atoms. The predicted octanol–water partition coefficient (Wildman–Crippen LogP) is 1.51. The van der Waals surface area contributed by atoms with Crippen molar-refractivity contribution in [3.63, 3.8) is 0 Å². The molecule has 1 aromatic carbocycles. The molecule has 5 nitrogen and oxygen atoms in total. The van der Waals surface area contributed by atoms with Gasteiger partial charge in [0.2, 0.25) is 5.91 Å². The van der Waals surface area contributed by atoms with Crippen LogP contribution in [-0.2, 0) is 4.79 Å². The van der Waals surface area contributed by atoms with E-state index in [1.54, 1.807) is 24.3 Å². The third-order valence-electron chi connectivity index (χ3n) is 3.69. The number of carbonyl (C=O) groups is 2. The molecule has 1 aromatic rings. The van der Waals surface area contributed by atoms with Crippen LogP contribution in [0.1, 0.15) is 30.6 Å². The highest BCUT2D eigenvalue weighted by molar-refractivity contribution is 5.97. The normalized spacial score (nSPS) is 14.8. The highest BCUT2D eigenvalue weighted by Crippen LogP contribution is 2.12. The fourth-order valence-corrected chi connectivity index (χ4v) is 2.41. The zero-order valence-electron chi connectivity index (χ0n) is 12.7. The van der Waals surface area contributed by atoms with Crippen LogP contribution < -0.4 is 10.6 Å². The van der Waals surface area contributed by atoms with E-state index in [9.17, 15) is 9.59 Å². The second kappa shape index (κ2) is 7.33. The molecule has 0 atom stereocenters. The van der Waals surface area contributed by atoms with Gasteiger partial charge >= 0.3 is 0 Å². The first kappa shape index (κ1) is 15.7. The van der Waals surface area contributed by atoms with Crippen molar-refractivity contribution in [2.75, 3.05) is 31.5 Å². The average Bonchev–Trinajstić information content (AvgIpc) is 2.37. The van der Waals surface area contributed by atoms with Crippen LogP contribution in [0, 0.1) is 0 Å². The van der Waals surface area contributed by atoms with E-state index in [2.05, 4.69) is 22.5 Å². The van der Waals surface area contributed by atoms with Gasteiger partial charge in [-0.2, -0.15) is 0 Å². The Morgan fingerprint density at radius 2 is 2.14 bits per heavy atom. The zero-order chi connectivity index (χ0) is 15.2. The van der Waals surface area contributed by atoms with Gasteiger partial charge < -0.3 is 10.6 Å². The van der Waals surface area contributed by atoms with Gasteiger partial charge in [0.15, 0.2) is 5.78 Å². The zero-order valence-corrected chi connectivity index (χ0v) is 12.7. The van der Waals surface area contributed by atoms with Gasteiger partial charge in [-0.25, -0.2) is 0 Å². The Morgan fingerprint density at radius 3 is 2.71 bits per heavy atom. The van der Waals surface area contributed by atoms with Crippen molar-refractivity contribution in [1.82, 2.24) is 10.2 Å². The number of Topliss-reactive ketones (excluding diaryl/α,β-unsaturated/α-hetero) is 1. The summed E-state index contributed by atoms with van der Waals surface area (Å²) < 4.78 is 0. The molecule has 2 N–H and O–H groups in total. The minimum absolute atomic E-state index is 0.000694. The standard InChI is InChI=1S/C16H23N3O2/c1-3-7-19(15-9-17-10-15)11-16(21)18-14-6-4-5-13(8-14)12(2)20/h4-6,8,15,17H,3,7,9-11H2,1-2H3,(H,18,21). The second-order valence-electron chi connectivity index (χ2n) is 5.47. The topological polar surface area (TPSA) is 61.4 Å². The van der Waals surface area contributed by atoms with E-state index in [0.717, 1.165) is 26.1 Å². The number of nitrogens with one attached hydrogen (secondary N) is 2. The summed E-state index contributed by atoms with van der Waals surface area (Å²) in [6, 6.07) is 7.52. The molecule has 2 rings (SSSR count). The van der Waals surface area contributed by atoms with Gasteiger partial charge in [-0.15, -0.1) is 0 Å². The van der Waals surface area contributed by atoms with Crippen molar-refractivity contribution in [3.8, 4) is 0 Å². The van der Waals surface area contributed by atoms with Crippen LogP contribution in [0.4, 0.5) is 5.69 Å². The number of hydrogen-bond donors (Lipinski definition) is 2. The molecule has 0 aromatic heterocycles. The Hall–Kier alpha value is -1.72. The molecule has 1 fully saturated rings. The van der Waals surface area contributed by atoms with Crippen molar-refractivity contribution in [2.24, 2.45) is 0 Å². The molecule has 0 aliphatic carbocycles. The lowest BCUT2D eigenvalue weighted by atomic mass is 10.1. The van der Waals surface area contributed by atoms with Gasteiger partial charge in [0.05, 0.1) is 6.54 Å². The van der Waals surface area contributed by atoms with Crippen LogP contribution in [0.15, 0.2) is 24.3 Å². The molecular weight excluding hydrogens is 266 g/mol. The van der Waals surface area contributed by atoms with Gasteiger partial charge in [0, 0.05) is 30.4 Å². The maximum absolute atomic E-state index is 12.2. The van der Waals surface area contributed by atoms with Crippen molar-refractivity contribution in [1.29, 1.82) is 0 Å².